The lowest BCUT2D eigenvalue weighted by Gasteiger charge is -2.22. The predicted molar refractivity (Wildman–Crippen MR) is 66.8 cm³/mol. The van der Waals surface area contributed by atoms with Gasteiger partial charge in [-0.15, -0.1) is 0 Å². The minimum Gasteiger partial charge on any atom is -0.480 e. The monoisotopic (exact) mass is 233 g/mol. The summed E-state index contributed by atoms with van der Waals surface area (Å²) in [4.78, 5) is 11.2. The lowest BCUT2D eigenvalue weighted by atomic mass is 10.0. The summed E-state index contributed by atoms with van der Waals surface area (Å²) >= 11 is 0. The average Bonchev–Trinajstić information content (AvgIpc) is 3.15. The highest BCUT2D eigenvalue weighted by molar-refractivity contribution is 5.74. The fourth-order valence-electron chi connectivity index (χ4n) is 2.19. The van der Waals surface area contributed by atoms with E-state index < -0.39 is 5.97 Å². The Morgan fingerprint density at radius 2 is 2.06 bits per heavy atom. The van der Waals surface area contributed by atoms with Gasteiger partial charge in [-0.2, -0.15) is 0 Å². The van der Waals surface area contributed by atoms with Crippen LogP contribution in [0.1, 0.15) is 37.8 Å². The van der Waals surface area contributed by atoms with Crippen molar-refractivity contribution >= 4 is 5.97 Å². The molecule has 3 heteroatoms. The number of rotatable bonds is 6. The first-order valence-electron chi connectivity index (χ1n) is 6.26. The Hall–Kier alpha value is -1.35. The number of hydrogen-bond donors (Lipinski definition) is 2. The molecule has 0 heterocycles. The van der Waals surface area contributed by atoms with Crippen molar-refractivity contribution in [3.8, 4) is 0 Å². The number of carbonyl (C=O) groups is 1. The van der Waals surface area contributed by atoms with E-state index in [4.69, 9.17) is 0 Å². The number of nitrogens with one attached hydrogen (secondary N) is 1. The Bertz CT molecular complexity index is 373. The first kappa shape index (κ1) is 12.1. The molecule has 0 aromatic heterocycles. The molecule has 1 saturated carbocycles. The third-order valence-electron chi connectivity index (χ3n) is 3.35. The van der Waals surface area contributed by atoms with Crippen molar-refractivity contribution < 1.29 is 9.90 Å². The molecule has 1 aliphatic carbocycles. The van der Waals surface area contributed by atoms with Crippen LogP contribution < -0.4 is 5.32 Å². The average molecular weight is 233 g/mol. The molecule has 92 valence electrons. The van der Waals surface area contributed by atoms with Gasteiger partial charge in [0, 0.05) is 6.04 Å². The molecule has 1 aromatic carbocycles. The van der Waals surface area contributed by atoms with Gasteiger partial charge in [0.05, 0.1) is 0 Å². The van der Waals surface area contributed by atoms with E-state index in [1.807, 2.05) is 30.3 Å². The molecule has 0 bridgehead atoms. The Balaban J connectivity index is 2.06. The molecule has 0 aliphatic heterocycles. The van der Waals surface area contributed by atoms with E-state index in [0.29, 0.717) is 5.92 Å². The normalized spacial score (nSPS) is 18.6. The highest BCUT2D eigenvalue weighted by Crippen LogP contribution is 2.34. The van der Waals surface area contributed by atoms with Crippen molar-refractivity contribution in [3.05, 3.63) is 35.9 Å². The molecule has 2 atom stereocenters. The topological polar surface area (TPSA) is 49.3 Å². The van der Waals surface area contributed by atoms with Crippen LogP contribution in [0.25, 0.3) is 0 Å². The summed E-state index contributed by atoms with van der Waals surface area (Å²) in [5, 5.41) is 12.5. The van der Waals surface area contributed by atoms with E-state index in [9.17, 15) is 9.90 Å². The van der Waals surface area contributed by atoms with Gasteiger partial charge < -0.3 is 5.11 Å². The van der Waals surface area contributed by atoms with Crippen molar-refractivity contribution in [2.24, 2.45) is 5.92 Å². The maximum Gasteiger partial charge on any atom is 0.320 e. The zero-order valence-electron chi connectivity index (χ0n) is 10.1. The van der Waals surface area contributed by atoms with Crippen LogP contribution in [0.5, 0.6) is 0 Å². The predicted octanol–water partition coefficient (Wildman–Crippen LogP) is 2.59. The second kappa shape index (κ2) is 5.32. The summed E-state index contributed by atoms with van der Waals surface area (Å²) in [6.45, 7) is 2.08. The molecule has 17 heavy (non-hydrogen) atoms. The van der Waals surface area contributed by atoms with E-state index >= 15 is 0 Å². The first-order chi connectivity index (χ1) is 8.22. The number of carboxylic acids is 1. The van der Waals surface area contributed by atoms with Crippen LogP contribution >= 0.6 is 0 Å². The van der Waals surface area contributed by atoms with Gasteiger partial charge >= 0.3 is 5.97 Å². The van der Waals surface area contributed by atoms with Crippen LogP contribution in [-0.4, -0.2) is 17.1 Å². The van der Waals surface area contributed by atoms with Gasteiger partial charge in [0.2, 0.25) is 0 Å². The van der Waals surface area contributed by atoms with Gasteiger partial charge in [-0.1, -0.05) is 37.3 Å². The molecule has 2 rings (SSSR count). The van der Waals surface area contributed by atoms with E-state index in [-0.39, 0.29) is 12.1 Å². The summed E-state index contributed by atoms with van der Waals surface area (Å²) < 4.78 is 0. The van der Waals surface area contributed by atoms with Gasteiger partial charge in [0.1, 0.15) is 6.04 Å². The zero-order valence-corrected chi connectivity index (χ0v) is 10.1. The van der Waals surface area contributed by atoms with Crippen LogP contribution in [0.2, 0.25) is 0 Å². The molecule has 2 unspecified atom stereocenters. The Kier molecular flexibility index (Phi) is 3.79. The van der Waals surface area contributed by atoms with Crippen LogP contribution in [0, 0.1) is 5.92 Å². The van der Waals surface area contributed by atoms with Crippen LogP contribution in [0.15, 0.2) is 30.3 Å². The molecule has 0 amide bonds. The molecule has 3 nitrogen and oxygen atoms in total. The lowest BCUT2D eigenvalue weighted by molar-refractivity contribution is -0.140. The summed E-state index contributed by atoms with van der Waals surface area (Å²) in [7, 11) is 0. The quantitative estimate of drug-likeness (QED) is 0.794. The largest absolute Gasteiger partial charge is 0.480 e. The second-order valence-electron chi connectivity index (χ2n) is 4.69. The fraction of sp³-hybridized carbons (Fsp3) is 0.500. The van der Waals surface area contributed by atoms with Crippen molar-refractivity contribution in [2.75, 3.05) is 0 Å². The van der Waals surface area contributed by atoms with E-state index in [0.717, 1.165) is 19.3 Å². The van der Waals surface area contributed by atoms with Crippen LogP contribution in [-0.2, 0) is 4.79 Å². The van der Waals surface area contributed by atoms with Gasteiger partial charge in [0.25, 0.3) is 0 Å². The maximum atomic E-state index is 11.2. The van der Waals surface area contributed by atoms with Crippen LogP contribution in [0.4, 0.5) is 0 Å². The third-order valence-corrected chi connectivity index (χ3v) is 3.35. The smallest absolute Gasteiger partial charge is 0.320 e. The minimum absolute atomic E-state index is 0.137. The van der Waals surface area contributed by atoms with Gasteiger partial charge in [-0.3, -0.25) is 10.1 Å². The first-order valence-corrected chi connectivity index (χ1v) is 6.26. The molecule has 2 N–H and O–H groups in total. The highest BCUT2D eigenvalue weighted by atomic mass is 16.4. The number of carboxylic acid groups (broad SMARTS) is 1. The van der Waals surface area contributed by atoms with Gasteiger partial charge in [-0.05, 0) is 30.7 Å². The molecule has 0 spiro atoms. The van der Waals surface area contributed by atoms with Crippen molar-refractivity contribution in [1.82, 2.24) is 5.32 Å². The molecular formula is C14H19NO2. The molecular weight excluding hydrogens is 214 g/mol. The Labute approximate surface area is 102 Å². The van der Waals surface area contributed by atoms with Gasteiger partial charge in [-0.25, -0.2) is 0 Å². The van der Waals surface area contributed by atoms with Crippen molar-refractivity contribution in [1.29, 1.82) is 0 Å². The summed E-state index contributed by atoms with van der Waals surface area (Å²) in [6.07, 6.45) is 2.98. The number of hydrogen-bond acceptors (Lipinski definition) is 2. The fourth-order valence-corrected chi connectivity index (χ4v) is 2.19. The minimum atomic E-state index is -0.720. The molecule has 1 aliphatic rings. The van der Waals surface area contributed by atoms with E-state index in [1.54, 1.807) is 0 Å². The van der Waals surface area contributed by atoms with Gasteiger partial charge in [0.15, 0.2) is 0 Å². The summed E-state index contributed by atoms with van der Waals surface area (Å²) in [5.74, 6) is -0.396. The molecule has 0 saturated heterocycles. The maximum absolute atomic E-state index is 11.2. The standard InChI is InChI=1S/C14H19NO2/c1-2-12(10-6-4-3-5-7-10)15-13(14(16)17)11-8-9-11/h3-7,11-13,15H,2,8-9H2,1H3,(H,16,17). The molecule has 1 aromatic rings. The number of benzene rings is 1. The van der Waals surface area contributed by atoms with E-state index in [2.05, 4.69) is 12.2 Å². The lowest BCUT2D eigenvalue weighted by Crippen LogP contribution is -2.40. The molecule has 0 radical (unpaired) electrons. The Morgan fingerprint density at radius 3 is 2.53 bits per heavy atom. The van der Waals surface area contributed by atoms with Crippen LogP contribution in [0.3, 0.4) is 0 Å². The third kappa shape index (κ3) is 3.07. The highest BCUT2D eigenvalue weighted by Gasteiger charge is 2.37. The SMILES string of the molecule is CCC(NC(C(=O)O)C1CC1)c1ccccc1. The van der Waals surface area contributed by atoms with Crippen molar-refractivity contribution in [2.45, 2.75) is 38.3 Å². The zero-order chi connectivity index (χ0) is 12.3. The summed E-state index contributed by atoms with van der Waals surface area (Å²) in [6, 6.07) is 9.81. The molecule has 1 fully saturated rings. The number of aliphatic carboxylic acids is 1. The second-order valence-corrected chi connectivity index (χ2v) is 4.69. The summed E-state index contributed by atoms with van der Waals surface area (Å²) in [5.41, 5.74) is 1.17. The van der Waals surface area contributed by atoms with E-state index in [1.165, 1.54) is 5.56 Å². The Morgan fingerprint density at radius 1 is 1.41 bits per heavy atom. The van der Waals surface area contributed by atoms with Crippen molar-refractivity contribution in [3.63, 3.8) is 0 Å².